The molecule has 7 heteroatoms. The monoisotopic (exact) mass is 304 g/mol. The molecular formula is C12H20N2O3S2. The Balaban J connectivity index is 2.35. The average Bonchev–Trinajstić information content (AvgIpc) is 2.71. The summed E-state index contributed by atoms with van der Waals surface area (Å²) in [6.45, 7) is 3.95. The van der Waals surface area contributed by atoms with E-state index < -0.39 is 10.0 Å². The van der Waals surface area contributed by atoms with Crippen LogP contribution in [0.15, 0.2) is 9.00 Å². The van der Waals surface area contributed by atoms with E-state index in [4.69, 9.17) is 0 Å². The van der Waals surface area contributed by atoms with E-state index >= 15 is 0 Å². The van der Waals surface area contributed by atoms with Gasteiger partial charge in [-0.05, 0) is 19.8 Å². The summed E-state index contributed by atoms with van der Waals surface area (Å²) in [4.78, 5) is 13.6. The number of thiazole rings is 1. The second-order valence-electron chi connectivity index (χ2n) is 4.93. The van der Waals surface area contributed by atoms with Crippen molar-refractivity contribution in [1.82, 2.24) is 9.29 Å². The lowest BCUT2D eigenvalue weighted by atomic mass is 9.95. The van der Waals surface area contributed by atoms with Crippen LogP contribution in [0.3, 0.4) is 0 Å². The number of nitrogens with one attached hydrogen (secondary N) is 1. The van der Waals surface area contributed by atoms with Gasteiger partial charge in [-0.2, -0.15) is 4.31 Å². The molecule has 2 rings (SSSR count). The van der Waals surface area contributed by atoms with Crippen LogP contribution < -0.4 is 4.87 Å². The lowest BCUT2D eigenvalue weighted by Crippen LogP contribution is -2.41. The van der Waals surface area contributed by atoms with Gasteiger partial charge in [-0.25, -0.2) is 8.42 Å². The van der Waals surface area contributed by atoms with E-state index in [1.807, 2.05) is 6.92 Å². The molecule has 0 radical (unpaired) electrons. The molecule has 1 aromatic heterocycles. The van der Waals surface area contributed by atoms with Crippen LogP contribution in [0.4, 0.5) is 0 Å². The molecule has 0 atom stereocenters. The molecule has 1 saturated carbocycles. The number of rotatable bonds is 4. The van der Waals surface area contributed by atoms with Crippen molar-refractivity contribution < 1.29 is 8.42 Å². The third kappa shape index (κ3) is 2.93. The lowest BCUT2D eigenvalue weighted by Gasteiger charge is -2.32. The van der Waals surface area contributed by atoms with E-state index in [1.165, 1.54) is 6.42 Å². The summed E-state index contributed by atoms with van der Waals surface area (Å²) in [6.07, 6.45) is 5.19. The van der Waals surface area contributed by atoms with E-state index in [0.717, 1.165) is 37.0 Å². The predicted molar refractivity (Wildman–Crippen MR) is 76.1 cm³/mol. The number of H-pyrrole nitrogens is 1. The van der Waals surface area contributed by atoms with Crippen molar-refractivity contribution in [3.63, 3.8) is 0 Å². The van der Waals surface area contributed by atoms with Crippen LogP contribution in [0.2, 0.25) is 0 Å². The Morgan fingerprint density at radius 3 is 2.42 bits per heavy atom. The van der Waals surface area contributed by atoms with Gasteiger partial charge in [0.25, 0.3) is 10.0 Å². The summed E-state index contributed by atoms with van der Waals surface area (Å²) >= 11 is 0.788. The third-order valence-electron chi connectivity index (χ3n) is 3.62. The Bertz CT molecular complexity index is 582. The SMILES string of the molecule is CCN(C1CCCCC1)S(=O)(=O)c1sc(=O)[nH]c1C. The normalized spacial score (nSPS) is 18.1. The van der Waals surface area contributed by atoms with Gasteiger partial charge in [0.05, 0.1) is 0 Å². The van der Waals surface area contributed by atoms with Crippen LogP contribution in [0.5, 0.6) is 0 Å². The van der Waals surface area contributed by atoms with E-state index in [-0.39, 0.29) is 15.1 Å². The Kier molecular flexibility index (Phi) is 4.47. The van der Waals surface area contributed by atoms with Crippen molar-refractivity contribution in [2.45, 2.75) is 56.2 Å². The van der Waals surface area contributed by atoms with Crippen molar-refractivity contribution in [1.29, 1.82) is 0 Å². The van der Waals surface area contributed by atoms with Crippen LogP contribution >= 0.6 is 11.3 Å². The zero-order valence-electron chi connectivity index (χ0n) is 11.3. The molecule has 1 heterocycles. The molecule has 5 nitrogen and oxygen atoms in total. The standard InChI is InChI=1S/C12H20N2O3S2/c1-3-14(10-7-5-4-6-8-10)19(16,17)11-9(2)13-12(15)18-11/h10H,3-8H2,1-2H3,(H,13,15). The molecule has 0 bridgehead atoms. The minimum absolute atomic E-state index is 0.0837. The van der Waals surface area contributed by atoms with E-state index in [2.05, 4.69) is 4.98 Å². The topological polar surface area (TPSA) is 70.2 Å². The van der Waals surface area contributed by atoms with Crippen molar-refractivity contribution in [2.24, 2.45) is 0 Å². The molecule has 1 N–H and O–H groups in total. The van der Waals surface area contributed by atoms with Gasteiger partial charge >= 0.3 is 4.87 Å². The quantitative estimate of drug-likeness (QED) is 0.926. The van der Waals surface area contributed by atoms with Gasteiger partial charge < -0.3 is 4.98 Å². The van der Waals surface area contributed by atoms with Gasteiger partial charge in [0, 0.05) is 18.3 Å². The second kappa shape index (κ2) is 5.76. The molecule has 0 aliphatic heterocycles. The van der Waals surface area contributed by atoms with E-state index in [1.54, 1.807) is 11.2 Å². The van der Waals surface area contributed by atoms with E-state index in [0.29, 0.717) is 12.2 Å². The molecule has 19 heavy (non-hydrogen) atoms. The maximum Gasteiger partial charge on any atom is 0.305 e. The molecule has 1 aliphatic carbocycles. The first-order valence-electron chi connectivity index (χ1n) is 6.68. The van der Waals surface area contributed by atoms with Crippen molar-refractivity contribution in [3.8, 4) is 0 Å². The van der Waals surface area contributed by atoms with Crippen molar-refractivity contribution in [2.75, 3.05) is 6.54 Å². The number of aromatic amines is 1. The molecule has 0 saturated heterocycles. The van der Waals surface area contributed by atoms with Crippen LogP contribution in [-0.4, -0.2) is 30.3 Å². The lowest BCUT2D eigenvalue weighted by molar-refractivity contribution is 0.261. The van der Waals surface area contributed by atoms with Gasteiger partial charge in [0.1, 0.15) is 0 Å². The van der Waals surface area contributed by atoms with Gasteiger partial charge in [-0.3, -0.25) is 4.79 Å². The highest BCUT2D eigenvalue weighted by Crippen LogP contribution is 2.29. The molecule has 108 valence electrons. The Hall–Kier alpha value is -0.660. The zero-order chi connectivity index (χ0) is 14.0. The third-order valence-corrected chi connectivity index (χ3v) is 7.23. The number of hydrogen-bond acceptors (Lipinski definition) is 4. The number of aryl methyl sites for hydroxylation is 1. The largest absolute Gasteiger partial charge is 0.315 e. The minimum atomic E-state index is -3.54. The fourth-order valence-electron chi connectivity index (χ4n) is 2.74. The summed E-state index contributed by atoms with van der Waals surface area (Å²) in [7, 11) is -3.54. The highest BCUT2D eigenvalue weighted by Gasteiger charge is 2.33. The molecule has 0 amide bonds. The molecule has 0 aromatic carbocycles. The van der Waals surface area contributed by atoms with Gasteiger partial charge in [0.2, 0.25) is 0 Å². The summed E-state index contributed by atoms with van der Waals surface area (Å²) in [5.74, 6) is 0. The first-order chi connectivity index (χ1) is 8.96. The first-order valence-corrected chi connectivity index (χ1v) is 8.94. The molecule has 1 aromatic rings. The van der Waals surface area contributed by atoms with Crippen LogP contribution in [-0.2, 0) is 10.0 Å². The molecule has 1 aliphatic rings. The molecule has 1 fully saturated rings. The molecule has 0 spiro atoms. The van der Waals surface area contributed by atoms with Crippen LogP contribution in [0.1, 0.15) is 44.7 Å². The average molecular weight is 304 g/mol. The number of aromatic nitrogens is 1. The highest BCUT2D eigenvalue weighted by molar-refractivity contribution is 7.91. The maximum absolute atomic E-state index is 12.7. The first kappa shape index (κ1) is 14.7. The van der Waals surface area contributed by atoms with Gasteiger partial charge in [-0.15, -0.1) is 0 Å². The predicted octanol–water partition coefficient (Wildman–Crippen LogP) is 2.09. The van der Waals surface area contributed by atoms with Gasteiger partial charge in [0.15, 0.2) is 4.21 Å². The molecule has 0 unspecified atom stereocenters. The number of nitrogens with zero attached hydrogens (tertiary/aromatic N) is 1. The summed E-state index contributed by atoms with van der Waals surface area (Å²) < 4.78 is 27.1. The fourth-order valence-corrected chi connectivity index (χ4v) is 5.84. The van der Waals surface area contributed by atoms with Crippen LogP contribution in [0.25, 0.3) is 0 Å². The minimum Gasteiger partial charge on any atom is -0.315 e. The van der Waals surface area contributed by atoms with Crippen LogP contribution in [0, 0.1) is 6.92 Å². The summed E-state index contributed by atoms with van der Waals surface area (Å²) in [5.41, 5.74) is 0.448. The summed E-state index contributed by atoms with van der Waals surface area (Å²) in [6, 6.07) is 0.0837. The second-order valence-corrected chi connectivity index (χ2v) is 8.00. The Morgan fingerprint density at radius 2 is 1.95 bits per heavy atom. The number of sulfonamides is 1. The summed E-state index contributed by atoms with van der Waals surface area (Å²) in [5, 5.41) is 0. The van der Waals surface area contributed by atoms with Gasteiger partial charge in [-0.1, -0.05) is 37.5 Å². The van der Waals surface area contributed by atoms with E-state index in [9.17, 15) is 13.2 Å². The Morgan fingerprint density at radius 1 is 1.32 bits per heavy atom. The van der Waals surface area contributed by atoms with Crippen molar-refractivity contribution >= 4 is 21.4 Å². The fraction of sp³-hybridized carbons (Fsp3) is 0.750. The Labute approximate surface area is 117 Å². The molecular weight excluding hydrogens is 284 g/mol. The number of hydrogen-bond donors (Lipinski definition) is 1. The highest BCUT2D eigenvalue weighted by atomic mass is 32.2. The van der Waals surface area contributed by atoms with Crippen molar-refractivity contribution in [3.05, 3.63) is 15.4 Å². The zero-order valence-corrected chi connectivity index (χ0v) is 12.9. The maximum atomic E-state index is 12.7. The smallest absolute Gasteiger partial charge is 0.305 e.